The molecular formula is C15H24ClN3O3S. The van der Waals surface area contributed by atoms with Gasteiger partial charge in [0.25, 0.3) is 0 Å². The molecule has 8 heteroatoms. The summed E-state index contributed by atoms with van der Waals surface area (Å²) in [6.45, 7) is 2.01. The van der Waals surface area contributed by atoms with Crippen LogP contribution in [0.4, 0.5) is 5.69 Å². The summed E-state index contributed by atoms with van der Waals surface area (Å²) in [5, 5.41) is 3.11. The average molecular weight is 362 g/mol. The van der Waals surface area contributed by atoms with Gasteiger partial charge in [0.05, 0.1) is 12.8 Å². The lowest BCUT2D eigenvalue weighted by molar-refractivity contribution is -0.131. The number of nitrogens with zero attached hydrogens (tertiary/aromatic N) is 1. The molecular weight excluding hydrogens is 338 g/mol. The molecule has 1 unspecified atom stereocenters. The summed E-state index contributed by atoms with van der Waals surface area (Å²) in [5.41, 5.74) is 0.920. The van der Waals surface area contributed by atoms with Crippen LogP contribution in [0.15, 0.2) is 30.3 Å². The molecule has 1 aromatic rings. The van der Waals surface area contributed by atoms with Crippen molar-refractivity contribution in [1.82, 2.24) is 9.62 Å². The Morgan fingerprint density at radius 2 is 2.00 bits per heavy atom. The van der Waals surface area contributed by atoms with Gasteiger partial charge in [0, 0.05) is 25.3 Å². The smallest absolute Gasteiger partial charge is 0.241 e. The number of carbonyl (C=O) groups excluding carboxylic acids is 1. The van der Waals surface area contributed by atoms with Gasteiger partial charge in [-0.3, -0.25) is 4.79 Å². The van der Waals surface area contributed by atoms with Gasteiger partial charge in [-0.05, 0) is 30.9 Å². The lowest BCUT2D eigenvalue weighted by Crippen LogP contribution is -2.45. The number of benzene rings is 1. The van der Waals surface area contributed by atoms with Crippen LogP contribution in [0.3, 0.4) is 0 Å². The van der Waals surface area contributed by atoms with Gasteiger partial charge in [-0.15, -0.1) is 12.4 Å². The fourth-order valence-corrected chi connectivity index (χ4v) is 3.11. The Morgan fingerprint density at radius 3 is 2.65 bits per heavy atom. The van der Waals surface area contributed by atoms with Crippen LogP contribution in [0.1, 0.15) is 12.8 Å². The lowest BCUT2D eigenvalue weighted by atomic mass is 9.98. The Morgan fingerprint density at radius 1 is 1.30 bits per heavy atom. The first-order valence-electron chi connectivity index (χ1n) is 7.45. The van der Waals surface area contributed by atoms with Gasteiger partial charge >= 0.3 is 0 Å². The highest BCUT2D eigenvalue weighted by Gasteiger charge is 2.23. The summed E-state index contributed by atoms with van der Waals surface area (Å²) in [5.74, 6) is 0.233. The van der Waals surface area contributed by atoms with Gasteiger partial charge in [0.15, 0.2) is 0 Å². The number of amides is 1. The van der Waals surface area contributed by atoms with E-state index in [-0.39, 0.29) is 30.8 Å². The number of rotatable bonds is 6. The Kier molecular flexibility index (Phi) is 7.81. The minimum Gasteiger partial charge on any atom is -0.376 e. The Hall–Kier alpha value is -1.31. The highest BCUT2D eigenvalue weighted by atomic mass is 35.5. The summed E-state index contributed by atoms with van der Waals surface area (Å²) in [7, 11) is -3.17. The molecule has 0 aromatic heterocycles. The van der Waals surface area contributed by atoms with E-state index >= 15 is 0 Å². The van der Waals surface area contributed by atoms with Crippen LogP contribution in [0.25, 0.3) is 0 Å². The number of hydrogen-bond donors (Lipinski definition) is 2. The van der Waals surface area contributed by atoms with Crippen molar-refractivity contribution in [2.75, 3.05) is 37.8 Å². The van der Waals surface area contributed by atoms with Crippen LogP contribution in [-0.2, 0) is 14.8 Å². The molecule has 23 heavy (non-hydrogen) atoms. The van der Waals surface area contributed by atoms with Crippen molar-refractivity contribution >= 4 is 34.0 Å². The molecule has 0 saturated carbocycles. The first kappa shape index (κ1) is 19.7. The summed E-state index contributed by atoms with van der Waals surface area (Å²) in [6, 6.07) is 9.60. The molecule has 130 valence electrons. The topological polar surface area (TPSA) is 78.5 Å². The van der Waals surface area contributed by atoms with Crippen LogP contribution in [-0.4, -0.2) is 51.7 Å². The van der Waals surface area contributed by atoms with Crippen molar-refractivity contribution in [3.05, 3.63) is 30.3 Å². The van der Waals surface area contributed by atoms with Crippen LogP contribution in [0, 0.1) is 5.92 Å². The summed E-state index contributed by atoms with van der Waals surface area (Å²) < 4.78 is 24.8. The number of likely N-dealkylation sites (tertiary alicyclic amines) is 1. The minimum atomic E-state index is -3.17. The zero-order valence-electron chi connectivity index (χ0n) is 13.2. The van der Waals surface area contributed by atoms with Crippen molar-refractivity contribution in [2.24, 2.45) is 5.92 Å². The van der Waals surface area contributed by atoms with Gasteiger partial charge in [-0.25, -0.2) is 13.1 Å². The molecule has 0 aliphatic carbocycles. The fourth-order valence-electron chi connectivity index (χ4n) is 2.57. The van der Waals surface area contributed by atoms with Crippen LogP contribution < -0.4 is 10.0 Å². The van der Waals surface area contributed by atoms with Crippen LogP contribution in [0.5, 0.6) is 0 Å². The quantitative estimate of drug-likeness (QED) is 0.800. The van der Waals surface area contributed by atoms with Crippen LogP contribution in [0.2, 0.25) is 0 Å². The third-order valence-electron chi connectivity index (χ3n) is 3.72. The van der Waals surface area contributed by atoms with Gasteiger partial charge in [0.2, 0.25) is 15.9 Å². The Bertz CT molecular complexity index is 595. The number of para-hydroxylation sites is 1. The lowest BCUT2D eigenvalue weighted by Gasteiger charge is -2.33. The molecule has 1 aliphatic rings. The molecule has 1 heterocycles. The first-order chi connectivity index (χ1) is 10.4. The van der Waals surface area contributed by atoms with Gasteiger partial charge in [0.1, 0.15) is 0 Å². The zero-order chi connectivity index (χ0) is 16.0. The highest BCUT2D eigenvalue weighted by Crippen LogP contribution is 2.16. The van der Waals surface area contributed by atoms with E-state index in [1.807, 2.05) is 35.2 Å². The fraction of sp³-hybridized carbons (Fsp3) is 0.533. The molecule has 1 aliphatic heterocycles. The predicted molar refractivity (Wildman–Crippen MR) is 94.3 cm³/mol. The number of carbonyl (C=O) groups is 1. The average Bonchev–Trinajstić information content (AvgIpc) is 2.51. The molecule has 2 N–H and O–H groups in total. The van der Waals surface area contributed by atoms with E-state index in [1.54, 1.807) is 0 Å². The standard InChI is InChI=1S/C15H23N3O3S.ClH/c1-22(20,21)17-10-13-6-5-9-18(12-13)15(19)11-16-14-7-3-2-4-8-14;/h2-4,7-8,13,16-17H,5-6,9-12H2,1H3;1H. The highest BCUT2D eigenvalue weighted by molar-refractivity contribution is 7.88. The molecule has 1 saturated heterocycles. The van der Waals surface area contributed by atoms with Crippen molar-refractivity contribution in [3.8, 4) is 0 Å². The summed E-state index contributed by atoms with van der Waals surface area (Å²) in [6.07, 6.45) is 3.01. The van der Waals surface area contributed by atoms with E-state index in [1.165, 1.54) is 0 Å². The van der Waals surface area contributed by atoms with E-state index < -0.39 is 10.0 Å². The largest absolute Gasteiger partial charge is 0.376 e. The normalized spacial score (nSPS) is 18.1. The summed E-state index contributed by atoms with van der Waals surface area (Å²) in [4.78, 5) is 14.1. The molecule has 6 nitrogen and oxygen atoms in total. The number of nitrogens with one attached hydrogen (secondary N) is 2. The van der Waals surface area contributed by atoms with Gasteiger partial charge in [-0.1, -0.05) is 18.2 Å². The monoisotopic (exact) mass is 361 g/mol. The zero-order valence-corrected chi connectivity index (χ0v) is 14.8. The maximum absolute atomic E-state index is 12.2. The maximum Gasteiger partial charge on any atom is 0.241 e. The van der Waals surface area contributed by atoms with E-state index in [2.05, 4.69) is 10.0 Å². The summed E-state index contributed by atoms with van der Waals surface area (Å²) >= 11 is 0. The van der Waals surface area contributed by atoms with Crippen LogP contribution >= 0.6 is 12.4 Å². The Labute approximate surface area is 144 Å². The molecule has 1 aromatic carbocycles. The first-order valence-corrected chi connectivity index (χ1v) is 9.34. The SMILES string of the molecule is CS(=O)(=O)NCC1CCCN(C(=O)CNc2ccccc2)C1.Cl. The third-order valence-corrected chi connectivity index (χ3v) is 4.41. The van der Waals surface area contributed by atoms with Crippen molar-refractivity contribution < 1.29 is 13.2 Å². The number of sulfonamides is 1. The second-order valence-corrected chi connectivity index (χ2v) is 7.52. The van der Waals surface area contributed by atoms with Gasteiger partial charge < -0.3 is 10.2 Å². The van der Waals surface area contributed by atoms with E-state index in [4.69, 9.17) is 0 Å². The van der Waals surface area contributed by atoms with Crippen molar-refractivity contribution in [1.29, 1.82) is 0 Å². The Balaban J connectivity index is 0.00000264. The molecule has 1 atom stereocenters. The molecule has 2 rings (SSSR count). The second kappa shape index (κ2) is 9.10. The molecule has 0 bridgehead atoms. The number of hydrogen-bond acceptors (Lipinski definition) is 4. The van der Waals surface area contributed by atoms with Crippen molar-refractivity contribution in [2.45, 2.75) is 12.8 Å². The van der Waals surface area contributed by atoms with E-state index in [0.717, 1.165) is 31.3 Å². The predicted octanol–water partition coefficient (Wildman–Crippen LogP) is 1.31. The van der Waals surface area contributed by atoms with E-state index in [0.29, 0.717) is 13.1 Å². The number of anilines is 1. The second-order valence-electron chi connectivity index (χ2n) is 5.69. The molecule has 1 amide bonds. The molecule has 0 radical (unpaired) electrons. The maximum atomic E-state index is 12.2. The number of halogens is 1. The minimum absolute atomic E-state index is 0. The van der Waals surface area contributed by atoms with Crippen molar-refractivity contribution in [3.63, 3.8) is 0 Å². The third kappa shape index (κ3) is 7.20. The van der Waals surface area contributed by atoms with E-state index in [9.17, 15) is 13.2 Å². The molecule has 0 spiro atoms. The number of piperidine rings is 1. The molecule has 1 fully saturated rings. The van der Waals surface area contributed by atoms with Gasteiger partial charge in [-0.2, -0.15) is 0 Å².